The lowest BCUT2D eigenvalue weighted by molar-refractivity contribution is 0.625. The molecule has 0 saturated heterocycles. The van der Waals surface area contributed by atoms with Crippen molar-refractivity contribution < 1.29 is 4.39 Å². The molecule has 0 heterocycles. The summed E-state index contributed by atoms with van der Waals surface area (Å²) in [6.45, 7) is 3.83. The van der Waals surface area contributed by atoms with E-state index in [1.165, 1.54) is 0 Å². The van der Waals surface area contributed by atoms with Gasteiger partial charge in [-0.1, -0.05) is 12.2 Å². The van der Waals surface area contributed by atoms with Gasteiger partial charge in [0.25, 0.3) is 0 Å². The van der Waals surface area contributed by atoms with E-state index in [0.717, 1.165) is 23.1 Å². The van der Waals surface area contributed by atoms with Crippen molar-refractivity contribution in [2.45, 2.75) is 20.3 Å². The van der Waals surface area contributed by atoms with Crippen LogP contribution in [0.2, 0.25) is 0 Å². The third-order valence-electron chi connectivity index (χ3n) is 2.12. The Hall–Kier alpha value is -0.820. The minimum absolute atomic E-state index is 0.172. The second kappa shape index (κ2) is 5.16. The zero-order chi connectivity index (χ0) is 10.6. The molecule has 1 aromatic rings. The summed E-state index contributed by atoms with van der Waals surface area (Å²) in [5.41, 5.74) is 3.03. The molecule has 0 spiro atoms. The summed E-state index contributed by atoms with van der Waals surface area (Å²) < 4.78 is 13.0. The number of allylic oxidation sites excluding steroid dienone is 1. The number of halogens is 2. The molecule has 14 heavy (non-hydrogen) atoms. The van der Waals surface area contributed by atoms with Crippen LogP contribution >= 0.6 is 11.6 Å². The summed E-state index contributed by atoms with van der Waals surface area (Å²) >= 11 is 5.56. The Morgan fingerprint density at radius 1 is 1.29 bits per heavy atom. The summed E-state index contributed by atoms with van der Waals surface area (Å²) in [6.07, 6.45) is 4.87. The van der Waals surface area contributed by atoms with Gasteiger partial charge in [-0.05, 0) is 49.1 Å². The van der Waals surface area contributed by atoms with E-state index in [4.69, 9.17) is 11.6 Å². The van der Waals surface area contributed by atoms with Crippen LogP contribution in [0.15, 0.2) is 18.2 Å². The topological polar surface area (TPSA) is 0 Å². The first-order chi connectivity index (χ1) is 6.65. The van der Waals surface area contributed by atoms with Crippen molar-refractivity contribution in [1.29, 1.82) is 0 Å². The van der Waals surface area contributed by atoms with Crippen LogP contribution in [0.5, 0.6) is 0 Å². The van der Waals surface area contributed by atoms with E-state index in [9.17, 15) is 4.39 Å². The number of aryl methyl sites for hydroxylation is 2. The van der Waals surface area contributed by atoms with E-state index < -0.39 is 0 Å². The number of hydrogen-bond acceptors (Lipinski definition) is 0. The van der Waals surface area contributed by atoms with Gasteiger partial charge in [-0.2, -0.15) is 0 Å². The highest BCUT2D eigenvalue weighted by Crippen LogP contribution is 2.17. The van der Waals surface area contributed by atoms with Crippen LogP contribution < -0.4 is 0 Å². The molecule has 0 fully saturated rings. The molecule has 76 valence electrons. The number of benzene rings is 1. The van der Waals surface area contributed by atoms with E-state index in [0.29, 0.717) is 5.88 Å². The van der Waals surface area contributed by atoms with Crippen molar-refractivity contribution >= 4 is 17.7 Å². The Kier molecular flexibility index (Phi) is 4.15. The zero-order valence-corrected chi connectivity index (χ0v) is 9.24. The van der Waals surface area contributed by atoms with Crippen LogP contribution in [-0.4, -0.2) is 5.88 Å². The molecule has 0 nitrogen and oxygen atoms in total. The lowest BCUT2D eigenvalue weighted by Crippen LogP contribution is -1.88. The molecule has 0 aromatic heterocycles. The van der Waals surface area contributed by atoms with Crippen LogP contribution in [0.25, 0.3) is 6.08 Å². The maximum Gasteiger partial charge on any atom is 0.123 e. The Morgan fingerprint density at radius 3 is 2.36 bits per heavy atom. The van der Waals surface area contributed by atoms with Crippen molar-refractivity contribution in [3.8, 4) is 0 Å². The lowest BCUT2D eigenvalue weighted by Gasteiger charge is -2.05. The SMILES string of the molecule is Cc1cc(F)cc(C)c1C=CCCCl. The minimum atomic E-state index is -0.172. The Morgan fingerprint density at radius 2 is 1.86 bits per heavy atom. The molecule has 0 saturated carbocycles. The normalized spacial score (nSPS) is 11.1. The van der Waals surface area contributed by atoms with E-state index in [-0.39, 0.29) is 5.82 Å². The maximum absolute atomic E-state index is 13.0. The first-order valence-corrected chi connectivity index (χ1v) is 5.18. The summed E-state index contributed by atoms with van der Waals surface area (Å²) in [5, 5.41) is 0. The molecule has 0 aliphatic rings. The van der Waals surface area contributed by atoms with Crippen LogP contribution in [0.4, 0.5) is 4.39 Å². The van der Waals surface area contributed by atoms with Gasteiger partial charge in [-0.15, -0.1) is 11.6 Å². The Balaban J connectivity index is 2.96. The number of alkyl halides is 1. The molecule has 0 atom stereocenters. The molecule has 1 aromatic carbocycles. The van der Waals surface area contributed by atoms with Gasteiger partial charge < -0.3 is 0 Å². The summed E-state index contributed by atoms with van der Waals surface area (Å²) in [4.78, 5) is 0. The molecule has 2 heteroatoms. The molecule has 0 amide bonds. The van der Waals surface area contributed by atoms with E-state index >= 15 is 0 Å². The quantitative estimate of drug-likeness (QED) is 0.663. The second-order valence-electron chi connectivity index (χ2n) is 3.33. The molecule has 0 unspecified atom stereocenters. The fourth-order valence-corrected chi connectivity index (χ4v) is 1.57. The maximum atomic E-state index is 13.0. The van der Waals surface area contributed by atoms with Crippen LogP contribution in [0, 0.1) is 19.7 Å². The third kappa shape index (κ3) is 2.85. The molecule has 0 aliphatic heterocycles. The predicted octanol–water partition coefficient (Wildman–Crippen LogP) is 4.08. The van der Waals surface area contributed by atoms with E-state index in [2.05, 4.69) is 0 Å². The van der Waals surface area contributed by atoms with Crippen molar-refractivity contribution in [2.75, 3.05) is 5.88 Å². The van der Waals surface area contributed by atoms with Crippen molar-refractivity contribution in [3.05, 3.63) is 40.7 Å². The molecular formula is C12H14ClF. The largest absolute Gasteiger partial charge is 0.207 e. The average Bonchev–Trinajstić information content (AvgIpc) is 2.09. The first-order valence-electron chi connectivity index (χ1n) is 4.64. The van der Waals surface area contributed by atoms with Gasteiger partial charge in [0.05, 0.1) is 0 Å². The summed E-state index contributed by atoms with van der Waals surface area (Å²) in [6, 6.07) is 3.10. The van der Waals surface area contributed by atoms with Gasteiger partial charge in [0.2, 0.25) is 0 Å². The molecule has 0 radical (unpaired) electrons. The second-order valence-corrected chi connectivity index (χ2v) is 3.71. The molecule has 1 rings (SSSR count). The van der Waals surface area contributed by atoms with E-state index in [1.807, 2.05) is 26.0 Å². The summed E-state index contributed by atoms with van der Waals surface area (Å²) in [5.74, 6) is 0.449. The van der Waals surface area contributed by atoms with Crippen LogP contribution in [0.1, 0.15) is 23.1 Å². The van der Waals surface area contributed by atoms with Crippen LogP contribution in [-0.2, 0) is 0 Å². The van der Waals surface area contributed by atoms with Crippen molar-refractivity contribution in [1.82, 2.24) is 0 Å². The van der Waals surface area contributed by atoms with Gasteiger partial charge in [-0.3, -0.25) is 0 Å². The van der Waals surface area contributed by atoms with Gasteiger partial charge in [0, 0.05) is 5.88 Å². The monoisotopic (exact) mass is 212 g/mol. The molecule has 0 bridgehead atoms. The zero-order valence-electron chi connectivity index (χ0n) is 8.48. The fraction of sp³-hybridized carbons (Fsp3) is 0.333. The van der Waals surface area contributed by atoms with Gasteiger partial charge in [-0.25, -0.2) is 4.39 Å². The van der Waals surface area contributed by atoms with Gasteiger partial charge in [0.15, 0.2) is 0 Å². The highest BCUT2D eigenvalue weighted by Gasteiger charge is 2.01. The fourth-order valence-electron chi connectivity index (χ4n) is 1.45. The third-order valence-corrected chi connectivity index (χ3v) is 2.34. The average molecular weight is 213 g/mol. The summed E-state index contributed by atoms with van der Waals surface area (Å²) in [7, 11) is 0. The Labute approximate surface area is 89.4 Å². The molecule has 0 N–H and O–H groups in total. The Bertz CT molecular complexity index is 319. The lowest BCUT2D eigenvalue weighted by atomic mass is 10.0. The minimum Gasteiger partial charge on any atom is -0.207 e. The molecular weight excluding hydrogens is 199 g/mol. The predicted molar refractivity (Wildman–Crippen MR) is 60.2 cm³/mol. The van der Waals surface area contributed by atoms with Crippen molar-refractivity contribution in [2.24, 2.45) is 0 Å². The molecule has 0 aliphatic carbocycles. The first kappa shape index (κ1) is 11.3. The van der Waals surface area contributed by atoms with Gasteiger partial charge >= 0.3 is 0 Å². The highest BCUT2D eigenvalue weighted by atomic mass is 35.5. The van der Waals surface area contributed by atoms with Gasteiger partial charge in [0.1, 0.15) is 5.82 Å². The van der Waals surface area contributed by atoms with Crippen LogP contribution in [0.3, 0.4) is 0 Å². The van der Waals surface area contributed by atoms with E-state index in [1.54, 1.807) is 12.1 Å². The number of hydrogen-bond donors (Lipinski definition) is 0. The number of rotatable bonds is 3. The smallest absolute Gasteiger partial charge is 0.123 e. The highest BCUT2D eigenvalue weighted by molar-refractivity contribution is 6.17. The van der Waals surface area contributed by atoms with Crippen molar-refractivity contribution in [3.63, 3.8) is 0 Å². The standard InChI is InChI=1S/C12H14ClF/c1-9-7-11(14)8-10(2)12(9)5-3-4-6-13/h3,5,7-8H,4,6H2,1-2H3.